The van der Waals surface area contributed by atoms with Crippen molar-refractivity contribution in [3.05, 3.63) is 29.8 Å². The van der Waals surface area contributed by atoms with Crippen molar-refractivity contribution in [2.45, 2.75) is 32.8 Å². The Morgan fingerprint density at radius 1 is 1.24 bits per heavy atom. The van der Waals surface area contributed by atoms with Crippen molar-refractivity contribution < 1.29 is 14.6 Å². The first-order chi connectivity index (χ1) is 10.0. The molecule has 0 aliphatic rings. The molecule has 2 atom stereocenters. The number of methoxy groups -OCH3 is 1. The predicted molar refractivity (Wildman–Crippen MR) is 83.6 cm³/mol. The number of hydrogen-bond acceptors (Lipinski definition) is 3. The Morgan fingerprint density at radius 3 is 2.48 bits per heavy atom. The molecule has 0 saturated carbocycles. The van der Waals surface area contributed by atoms with E-state index in [0.29, 0.717) is 19.5 Å². The van der Waals surface area contributed by atoms with Crippen LogP contribution in [0.1, 0.15) is 25.8 Å². The van der Waals surface area contributed by atoms with Gasteiger partial charge in [0.25, 0.3) is 0 Å². The van der Waals surface area contributed by atoms with Crippen LogP contribution in [0.4, 0.5) is 4.79 Å². The first-order valence-electron chi connectivity index (χ1n) is 7.34. The van der Waals surface area contributed by atoms with E-state index in [1.54, 1.807) is 14.0 Å². The number of nitrogens with one attached hydrogen (secondary N) is 2. The van der Waals surface area contributed by atoms with Gasteiger partial charge in [0.15, 0.2) is 0 Å². The van der Waals surface area contributed by atoms with Crippen LogP contribution in [-0.2, 0) is 6.42 Å². The molecule has 5 heteroatoms. The highest BCUT2D eigenvalue weighted by Gasteiger charge is 2.07. The van der Waals surface area contributed by atoms with Gasteiger partial charge in [-0.1, -0.05) is 19.1 Å². The van der Waals surface area contributed by atoms with Crippen LogP contribution >= 0.6 is 0 Å². The van der Waals surface area contributed by atoms with E-state index in [1.165, 1.54) is 0 Å². The highest BCUT2D eigenvalue weighted by Crippen LogP contribution is 2.11. The number of carbonyl (C=O) groups is 1. The molecule has 0 saturated heterocycles. The number of aliphatic hydroxyl groups excluding tert-OH is 1. The summed E-state index contributed by atoms with van der Waals surface area (Å²) < 4.78 is 5.10. The molecule has 0 radical (unpaired) electrons. The van der Waals surface area contributed by atoms with E-state index in [9.17, 15) is 9.90 Å². The zero-order valence-corrected chi connectivity index (χ0v) is 13.1. The van der Waals surface area contributed by atoms with Gasteiger partial charge in [0.05, 0.1) is 13.2 Å². The van der Waals surface area contributed by atoms with Gasteiger partial charge < -0.3 is 20.5 Å². The van der Waals surface area contributed by atoms with Crippen molar-refractivity contribution >= 4 is 6.03 Å². The van der Waals surface area contributed by atoms with Crippen LogP contribution in [0, 0.1) is 5.92 Å². The molecule has 0 aliphatic carbocycles. The molecule has 0 bridgehead atoms. The summed E-state index contributed by atoms with van der Waals surface area (Å²) in [5, 5.41) is 14.9. The molecule has 0 spiro atoms. The summed E-state index contributed by atoms with van der Waals surface area (Å²) in [5.41, 5.74) is 1.15. The second kappa shape index (κ2) is 9.23. The number of aliphatic hydroxyl groups is 1. The molecule has 1 aromatic carbocycles. The SMILES string of the molecule is COc1ccc(CCNC(=O)NCC(C)CC(C)O)cc1. The van der Waals surface area contributed by atoms with E-state index < -0.39 is 0 Å². The van der Waals surface area contributed by atoms with Crippen LogP contribution in [0.15, 0.2) is 24.3 Å². The van der Waals surface area contributed by atoms with Gasteiger partial charge in [0.2, 0.25) is 0 Å². The summed E-state index contributed by atoms with van der Waals surface area (Å²) in [4.78, 5) is 11.6. The van der Waals surface area contributed by atoms with Gasteiger partial charge in [0, 0.05) is 13.1 Å². The summed E-state index contributed by atoms with van der Waals surface area (Å²) >= 11 is 0. The Bertz CT molecular complexity index is 418. The normalized spacial score (nSPS) is 13.3. The Labute approximate surface area is 126 Å². The van der Waals surface area contributed by atoms with Crippen LogP contribution in [-0.4, -0.2) is 37.4 Å². The largest absolute Gasteiger partial charge is 0.497 e. The van der Waals surface area contributed by atoms with E-state index >= 15 is 0 Å². The molecular weight excluding hydrogens is 268 g/mol. The molecule has 21 heavy (non-hydrogen) atoms. The van der Waals surface area contributed by atoms with Crippen molar-refractivity contribution in [2.75, 3.05) is 20.2 Å². The fraction of sp³-hybridized carbons (Fsp3) is 0.562. The van der Waals surface area contributed by atoms with Gasteiger partial charge in [-0.05, 0) is 43.4 Å². The lowest BCUT2D eigenvalue weighted by Crippen LogP contribution is -2.39. The van der Waals surface area contributed by atoms with Crippen molar-refractivity contribution in [3.63, 3.8) is 0 Å². The first kappa shape index (κ1) is 17.3. The molecule has 3 N–H and O–H groups in total. The maximum atomic E-state index is 11.6. The van der Waals surface area contributed by atoms with Crippen LogP contribution in [0.2, 0.25) is 0 Å². The molecule has 0 heterocycles. The van der Waals surface area contributed by atoms with Crippen molar-refractivity contribution in [3.8, 4) is 5.75 Å². The van der Waals surface area contributed by atoms with Gasteiger partial charge in [0.1, 0.15) is 5.75 Å². The Balaban J connectivity index is 2.18. The average Bonchev–Trinajstić information content (AvgIpc) is 2.45. The summed E-state index contributed by atoms with van der Waals surface area (Å²) in [6.07, 6.45) is 1.13. The topological polar surface area (TPSA) is 70.6 Å². The van der Waals surface area contributed by atoms with Crippen molar-refractivity contribution in [1.82, 2.24) is 10.6 Å². The summed E-state index contributed by atoms with van der Waals surface area (Å²) in [6, 6.07) is 7.63. The second-order valence-electron chi connectivity index (χ2n) is 5.42. The third kappa shape index (κ3) is 7.56. The van der Waals surface area contributed by atoms with Gasteiger partial charge in [-0.2, -0.15) is 0 Å². The molecule has 0 fully saturated rings. The van der Waals surface area contributed by atoms with E-state index in [-0.39, 0.29) is 18.1 Å². The fourth-order valence-electron chi connectivity index (χ4n) is 2.11. The summed E-state index contributed by atoms with van der Waals surface area (Å²) in [5.74, 6) is 1.09. The number of ether oxygens (including phenoxy) is 1. The second-order valence-corrected chi connectivity index (χ2v) is 5.42. The minimum absolute atomic E-state index is 0.166. The van der Waals surface area contributed by atoms with Crippen LogP contribution in [0.3, 0.4) is 0 Å². The predicted octanol–water partition coefficient (Wildman–Crippen LogP) is 1.94. The average molecular weight is 294 g/mol. The van der Waals surface area contributed by atoms with Gasteiger partial charge in [-0.25, -0.2) is 4.79 Å². The first-order valence-corrected chi connectivity index (χ1v) is 7.34. The molecule has 1 rings (SSSR count). The van der Waals surface area contributed by atoms with Gasteiger partial charge >= 0.3 is 6.03 Å². The Morgan fingerprint density at radius 2 is 1.90 bits per heavy atom. The highest BCUT2D eigenvalue weighted by atomic mass is 16.5. The molecule has 118 valence electrons. The lowest BCUT2D eigenvalue weighted by atomic mass is 10.1. The number of rotatable bonds is 8. The Kier molecular flexibility index (Phi) is 7.61. The quantitative estimate of drug-likeness (QED) is 0.686. The van der Waals surface area contributed by atoms with E-state index in [1.807, 2.05) is 31.2 Å². The number of hydrogen-bond donors (Lipinski definition) is 3. The number of urea groups is 1. The van der Waals surface area contributed by atoms with E-state index in [2.05, 4.69) is 10.6 Å². The molecule has 0 aromatic heterocycles. The maximum absolute atomic E-state index is 11.6. The molecule has 0 aliphatic heterocycles. The fourth-order valence-corrected chi connectivity index (χ4v) is 2.11. The van der Waals surface area contributed by atoms with Gasteiger partial charge in [-0.3, -0.25) is 0 Å². The zero-order chi connectivity index (χ0) is 15.7. The van der Waals surface area contributed by atoms with Gasteiger partial charge in [-0.15, -0.1) is 0 Å². The lowest BCUT2D eigenvalue weighted by Gasteiger charge is -2.14. The van der Waals surface area contributed by atoms with Crippen LogP contribution < -0.4 is 15.4 Å². The third-order valence-electron chi connectivity index (χ3n) is 3.21. The third-order valence-corrected chi connectivity index (χ3v) is 3.21. The van der Waals surface area contributed by atoms with Crippen molar-refractivity contribution in [1.29, 1.82) is 0 Å². The standard InChI is InChI=1S/C16H26N2O3/c1-12(10-13(2)19)11-18-16(20)17-9-8-14-4-6-15(21-3)7-5-14/h4-7,12-13,19H,8-11H2,1-3H3,(H2,17,18,20). The number of amides is 2. The number of benzene rings is 1. The molecular formula is C16H26N2O3. The molecule has 2 unspecified atom stereocenters. The minimum atomic E-state index is -0.333. The molecule has 2 amide bonds. The lowest BCUT2D eigenvalue weighted by molar-refractivity contribution is 0.163. The van der Waals surface area contributed by atoms with E-state index in [0.717, 1.165) is 17.7 Å². The monoisotopic (exact) mass is 294 g/mol. The number of carbonyl (C=O) groups excluding carboxylic acids is 1. The maximum Gasteiger partial charge on any atom is 0.314 e. The molecule has 5 nitrogen and oxygen atoms in total. The van der Waals surface area contributed by atoms with E-state index in [4.69, 9.17) is 4.74 Å². The summed E-state index contributed by atoms with van der Waals surface area (Å²) in [7, 11) is 1.64. The van der Waals surface area contributed by atoms with Crippen LogP contribution in [0.5, 0.6) is 5.75 Å². The zero-order valence-electron chi connectivity index (χ0n) is 13.1. The minimum Gasteiger partial charge on any atom is -0.497 e. The Hall–Kier alpha value is -1.75. The van der Waals surface area contributed by atoms with Crippen LogP contribution in [0.25, 0.3) is 0 Å². The van der Waals surface area contributed by atoms with Crippen molar-refractivity contribution in [2.24, 2.45) is 5.92 Å². The smallest absolute Gasteiger partial charge is 0.314 e. The summed E-state index contributed by atoms with van der Waals surface area (Å²) in [6.45, 7) is 4.91. The molecule has 1 aromatic rings. The highest BCUT2D eigenvalue weighted by molar-refractivity contribution is 5.73.